The lowest BCUT2D eigenvalue weighted by atomic mass is 10.0. The molecule has 1 aliphatic rings. The molecule has 6 heteroatoms. The number of fused-ring (bicyclic) bond motifs is 1. The standard InChI is InChI=1S/C16H15N3O2S/c1-10-7-8-17-13(9-10)18-16(21)14-15(20)11-5-3-4-6-12(11)22-19(14)2/h3-9,14H,1-2H3,(H,17,18,21). The summed E-state index contributed by atoms with van der Waals surface area (Å²) in [6, 6.07) is 10.1. The van der Waals surface area contributed by atoms with E-state index in [1.807, 2.05) is 25.1 Å². The summed E-state index contributed by atoms with van der Waals surface area (Å²) in [6.07, 6.45) is 1.63. The Morgan fingerprint density at radius 1 is 1.32 bits per heavy atom. The molecule has 1 aromatic heterocycles. The molecule has 1 unspecified atom stereocenters. The molecule has 0 spiro atoms. The molecule has 5 nitrogen and oxygen atoms in total. The third-order valence-corrected chi connectivity index (χ3v) is 4.47. The number of pyridine rings is 1. The van der Waals surface area contributed by atoms with Gasteiger partial charge in [-0.15, -0.1) is 0 Å². The van der Waals surface area contributed by atoms with Crippen molar-refractivity contribution >= 4 is 29.5 Å². The molecule has 0 bridgehead atoms. The maximum absolute atomic E-state index is 12.6. The maximum Gasteiger partial charge on any atom is 0.251 e. The number of likely N-dealkylation sites (N-methyl/N-ethyl adjacent to an activating group) is 1. The maximum atomic E-state index is 12.6. The van der Waals surface area contributed by atoms with Crippen LogP contribution in [0.3, 0.4) is 0 Å². The average Bonchev–Trinajstić information content (AvgIpc) is 2.47. The summed E-state index contributed by atoms with van der Waals surface area (Å²) in [5, 5.41) is 2.72. The Kier molecular flexibility index (Phi) is 3.96. The fourth-order valence-corrected chi connectivity index (χ4v) is 3.37. The predicted octanol–water partition coefficient (Wildman–Crippen LogP) is 2.53. The van der Waals surface area contributed by atoms with Gasteiger partial charge in [0, 0.05) is 16.7 Å². The van der Waals surface area contributed by atoms with Crippen molar-refractivity contribution in [3.63, 3.8) is 0 Å². The van der Waals surface area contributed by atoms with Crippen molar-refractivity contribution < 1.29 is 9.59 Å². The molecule has 1 amide bonds. The lowest BCUT2D eigenvalue weighted by Gasteiger charge is -2.30. The van der Waals surface area contributed by atoms with E-state index in [1.165, 1.54) is 11.9 Å². The number of carbonyl (C=O) groups excluding carboxylic acids is 2. The molecule has 22 heavy (non-hydrogen) atoms. The van der Waals surface area contributed by atoms with Crippen molar-refractivity contribution in [2.24, 2.45) is 0 Å². The van der Waals surface area contributed by atoms with Crippen LogP contribution in [0.2, 0.25) is 0 Å². The molecule has 0 aliphatic carbocycles. The molecule has 0 saturated heterocycles. The SMILES string of the molecule is Cc1ccnc(NC(=O)C2C(=O)c3ccccc3SN2C)c1. The van der Waals surface area contributed by atoms with E-state index in [9.17, 15) is 9.59 Å². The van der Waals surface area contributed by atoms with Crippen LogP contribution in [-0.2, 0) is 4.79 Å². The zero-order valence-electron chi connectivity index (χ0n) is 12.2. The number of hydrogen-bond acceptors (Lipinski definition) is 5. The minimum absolute atomic E-state index is 0.193. The van der Waals surface area contributed by atoms with Crippen LogP contribution in [-0.4, -0.2) is 34.1 Å². The number of rotatable bonds is 2. The summed E-state index contributed by atoms with van der Waals surface area (Å²) in [6.45, 7) is 1.92. The van der Waals surface area contributed by atoms with Gasteiger partial charge >= 0.3 is 0 Å². The second-order valence-corrected chi connectivity index (χ2v) is 6.31. The number of anilines is 1. The summed E-state index contributed by atoms with van der Waals surface area (Å²) in [4.78, 5) is 30.0. The number of Topliss-reactive ketones (excluding diaryl/α,β-unsaturated/α-hetero) is 1. The predicted molar refractivity (Wildman–Crippen MR) is 85.8 cm³/mol. The average molecular weight is 313 g/mol. The van der Waals surface area contributed by atoms with Crippen molar-refractivity contribution in [1.82, 2.24) is 9.29 Å². The third-order valence-electron chi connectivity index (χ3n) is 3.42. The molecular formula is C16H15N3O2S. The normalized spacial score (nSPS) is 17.9. The van der Waals surface area contributed by atoms with Gasteiger partial charge in [0.15, 0.2) is 11.8 Å². The van der Waals surface area contributed by atoms with Crippen LogP contribution in [0.1, 0.15) is 15.9 Å². The quantitative estimate of drug-likeness (QED) is 0.682. The Labute approximate surface area is 132 Å². The van der Waals surface area contributed by atoms with Gasteiger partial charge in [0.1, 0.15) is 5.82 Å². The van der Waals surface area contributed by atoms with Crippen LogP contribution in [0.4, 0.5) is 5.82 Å². The molecular weight excluding hydrogens is 298 g/mol. The number of ketones is 1. The van der Waals surface area contributed by atoms with Crippen LogP contribution in [0.25, 0.3) is 0 Å². The van der Waals surface area contributed by atoms with Gasteiger partial charge in [0.2, 0.25) is 0 Å². The van der Waals surface area contributed by atoms with E-state index in [-0.39, 0.29) is 11.7 Å². The van der Waals surface area contributed by atoms with Crippen molar-refractivity contribution in [3.8, 4) is 0 Å². The highest BCUT2D eigenvalue weighted by Gasteiger charge is 2.37. The van der Waals surface area contributed by atoms with Crippen LogP contribution in [0.15, 0.2) is 47.5 Å². The van der Waals surface area contributed by atoms with Crippen molar-refractivity contribution in [2.75, 3.05) is 12.4 Å². The second kappa shape index (κ2) is 5.90. The first-order chi connectivity index (χ1) is 10.6. The van der Waals surface area contributed by atoms with E-state index in [2.05, 4.69) is 10.3 Å². The first-order valence-corrected chi connectivity index (χ1v) is 7.61. The first kappa shape index (κ1) is 14.7. The highest BCUT2D eigenvalue weighted by molar-refractivity contribution is 7.97. The number of nitrogens with one attached hydrogen (secondary N) is 1. The second-order valence-electron chi connectivity index (χ2n) is 5.11. The monoisotopic (exact) mass is 313 g/mol. The highest BCUT2D eigenvalue weighted by atomic mass is 32.2. The van der Waals surface area contributed by atoms with E-state index in [4.69, 9.17) is 0 Å². The van der Waals surface area contributed by atoms with Gasteiger partial charge in [-0.25, -0.2) is 9.29 Å². The van der Waals surface area contributed by atoms with Gasteiger partial charge in [0.25, 0.3) is 5.91 Å². The Hall–Kier alpha value is -2.18. The number of benzene rings is 1. The molecule has 0 fully saturated rings. The lowest BCUT2D eigenvalue weighted by molar-refractivity contribution is -0.118. The number of amides is 1. The van der Waals surface area contributed by atoms with Gasteiger partial charge in [-0.1, -0.05) is 18.2 Å². The van der Waals surface area contributed by atoms with Crippen molar-refractivity contribution in [3.05, 3.63) is 53.7 Å². The molecule has 0 radical (unpaired) electrons. The van der Waals surface area contributed by atoms with E-state index in [0.717, 1.165) is 10.5 Å². The van der Waals surface area contributed by atoms with E-state index in [0.29, 0.717) is 11.4 Å². The Bertz CT molecular complexity index is 748. The number of aromatic nitrogens is 1. The molecule has 2 heterocycles. The van der Waals surface area contributed by atoms with E-state index < -0.39 is 6.04 Å². The van der Waals surface area contributed by atoms with Crippen molar-refractivity contribution in [1.29, 1.82) is 0 Å². The fraction of sp³-hybridized carbons (Fsp3) is 0.188. The van der Waals surface area contributed by atoms with Crippen LogP contribution in [0, 0.1) is 6.92 Å². The number of aryl methyl sites for hydroxylation is 1. The Morgan fingerprint density at radius 3 is 2.86 bits per heavy atom. The zero-order valence-corrected chi connectivity index (χ0v) is 13.1. The number of nitrogens with zero attached hydrogens (tertiary/aromatic N) is 2. The summed E-state index contributed by atoms with van der Waals surface area (Å²) < 4.78 is 1.68. The third kappa shape index (κ3) is 2.75. The van der Waals surface area contributed by atoms with E-state index in [1.54, 1.807) is 35.7 Å². The molecule has 2 aromatic rings. The molecule has 1 aromatic carbocycles. The highest BCUT2D eigenvalue weighted by Crippen LogP contribution is 2.33. The van der Waals surface area contributed by atoms with Gasteiger partial charge in [0.05, 0.1) is 0 Å². The molecule has 112 valence electrons. The molecule has 3 rings (SSSR count). The Balaban J connectivity index is 1.85. The number of hydrogen-bond donors (Lipinski definition) is 1. The topological polar surface area (TPSA) is 62.3 Å². The van der Waals surface area contributed by atoms with Gasteiger partial charge in [-0.2, -0.15) is 0 Å². The minimum atomic E-state index is -0.859. The summed E-state index contributed by atoms with van der Waals surface area (Å²) in [5.41, 5.74) is 1.58. The minimum Gasteiger partial charge on any atom is -0.309 e. The Morgan fingerprint density at radius 2 is 2.09 bits per heavy atom. The summed E-state index contributed by atoms with van der Waals surface area (Å²) >= 11 is 1.40. The van der Waals surface area contributed by atoms with Crippen LogP contribution >= 0.6 is 11.9 Å². The molecule has 1 N–H and O–H groups in total. The first-order valence-electron chi connectivity index (χ1n) is 6.84. The van der Waals surface area contributed by atoms with Crippen LogP contribution in [0.5, 0.6) is 0 Å². The lowest BCUT2D eigenvalue weighted by Crippen LogP contribution is -2.46. The van der Waals surface area contributed by atoms with Gasteiger partial charge in [-0.05, 0) is 49.7 Å². The van der Waals surface area contributed by atoms with Gasteiger partial charge < -0.3 is 5.32 Å². The molecule has 0 saturated carbocycles. The summed E-state index contributed by atoms with van der Waals surface area (Å²) in [5.74, 6) is -0.107. The zero-order chi connectivity index (χ0) is 15.7. The van der Waals surface area contributed by atoms with Crippen molar-refractivity contribution in [2.45, 2.75) is 17.9 Å². The smallest absolute Gasteiger partial charge is 0.251 e. The fourth-order valence-electron chi connectivity index (χ4n) is 2.35. The largest absolute Gasteiger partial charge is 0.309 e. The number of carbonyl (C=O) groups is 2. The van der Waals surface area contributed by atoms with Gasteiger partial charge in [-0.3, -0.25) is 9.59 Å². The van der Waals surface area contributed by atoms with E-state index >= 15 is 0 Å². The summed E-state index contributed by atoms with van der Waals surface area (Å²) in [7, 11) is 1.74. The molecule has 1 atom stereocenters. The molecule has 1 aliphatic heterocycles. The van der Waals surface area contributed by atoms with Crippen LogP contribution < -0.4 is 5.32 Å².